The van der Waals surface area contributed by atoms with Gasteiger partial charge in [-0.1, -0.05) is 6.92 Å². The van der Waals surface area contributed by atoms with Crippen LogP contribution in [-0.2, 0) is 11.0 Å². The number of rotatable bonds is 7. The molecule has 12 heteroatoms. The van der Waals surface area contributed by atoms with Crippen molar-refractivity contribution in [3.05, 3.63) is 41.3 Å². The van der Waals surface area contributed by atoms with Gasteiger partial charge in [-0.25, -0.2) is 14.4 Å². The second kappa shape index (κ2) is 9.88. The summed E-state index contributed by atoms with van der Waals surface area (Å²) in [7, 11) is 0. The first kappa shape index (κ1) is 25.9. The van der Waals surface area contributed by atoms with Gasteiger partial charge in [-0.3, -0.25) is 9.59 Å². The zero-order valence-electron chi connectivity index (χ0n) is 20.9. The summed E-state index contributed by atoms with van der Waals surface area (Å²) in [5, 5.41) is 2.65. The lowest BCUT2D eigenvalue weighted by atomic mass is 10.0. The zero-order chi connectivity index (χ0) is 27.2. The second-order valence-electron chi connectivity index (χ2n) is 9.78. The smallest absolute Gasteiger partial charge is 0.416 e. The van der Waals surface area contributed by atoms with Crippen molar-refractivity contribution in [2.45, 2.75) is 51.5 Å². The number of likely N-dealkylation sites (tertiary alicyclic amines) is 1. The molecule has 2 aliphatic rings. The third kappa shape index (κ3) is 5.03. The molecule has 38 heavy (non-hydrogen) atoms. The van der Waals surface area contributed by atoms with Crippen molar-refractivity contribution in [1.29, 1.82) is 0 Å². The van der Waals surface area contributed by atoms with Gasteiger partial charge < -0.3 is 19.9 Å². The van der Waals surface area contributed by atoms with Gasteiger partial charge in [-0.15, -0.1) is 0 Å². The number of nitrogens with one attached hydrogen (secondary N) is 2. The molecule has 202 valence electrons. The first-order valence-corrected chi connectivity index (χ1v) is 12.5. The first-order valence-electron chi connectivity index (χ1n) is 12.5. The van der Waals surface area contributed by atoms with Crippen molar-refractivity contribution < 1.29 is 31.9 Å². The highest BCUT2D eigenvalue weighted by Crippen LogP contribution is 2.40. The number of hydrogen-bond donors (Lipinski definition) is 2. The number of ether oxygens (including phenoxy) is 1. The van der Waals surface area contributed by atoms with E-state index in [1.807, 2.05) is 0 Å². The second-order valence-corrected chi connectivity index (χ2v) is 9.78. The summed E-state index contributed by atoms with van der Waals surface area (Å²) in [6, 6.07) is 2.33. The third-order valence-electron chi connectivity index (χ3n) is 6.95. The summed E-state index contributed by atoms with van der Waals surface area (Å²) in [6.07, 6.45) is -2.59. The standard InChI is InChI=1S/C26H27F4N5O3/c1-3-20(36)35-9-17(27)18(10-35)34-25(37)21-13(2)33-24-22(31-12-32-23(21)24)16-8-15(26(28,29)30)6-7-19(16)38-11-14-4-5-14/h6-8,12,14,17-18,33H,3-5,9-11H2,1-2H3,(H,34,37)/t17-,18-/m0/s1. The Bertz CT molecular complexity index is 1390. The molecule has 0 spiro atoms. The van der Waals surface area contributed by atoms with E-state index >= 15 is 0 Å². The molecule has 3 aromatic rings. The molecular formula is C26H27F4N5O3. The maximum atomic E-state index is 14.6. The number of aromatic nitrogens is 3. The van der Waals surface area contributed by atoms with E-state index in [1.54, 1.807) is 13.8 Å². The van der Waals surface area contributed by atoms with Gasteiger partial charge in [0.25, 0.3) is 5.91 Å². The molecule has 2 atom stereocenters. The van der Waals surface area contributed by atoms with Gasteiger partial charge in [-0.05, 0) is 43.9 Å². The summed E-state index contributed by atoms with van der Waals surface area (Å²) in [5.41, 5.74) is 0.375. The van der Waals surface area contributed by atoms with E-state index in [4.69, 9.17) is 4.74 Å². The maximum absolute atomic E-state index is 14.6. The van der Waals surface area contributed by atoms with Crippen molar-refractivity contribution in [1.82, 2.24) is 25.2 Å². The van der Waals surface area contributed by atoms with Crippen molar-refractivity contribution in [3.63, 3.8) is 0 Å². The fourth-order valence-corrected chi connectivity index (χ4v) is 4.68. The minimum Gasteiger partial charge on any atom is -0.493 e. The fraction of sp³-hybridized carbons (Fsp3) is 0.462. The predicted molar refractivity (Wildman–Crippen MR) is 130 cm³/mol. The van der Waals surface area contributed by atoms with E-state index < -0.39 is 29.9 Å². The molecule has 5 rings (SSSR count). The Morgan fingerprint density at radius 1 is 1.21 bits per heavy atom. The number of benzene rings is 1. The Morgan fingerprint density at radius 3 is 2.66 bits per heavy atom. The molecule has 1 saturated carbocycles. The molecule has 2 aromatic heterocycles. The number of carbonyl (C=O) groups excluding carboxylic acids is 2. The molecule has 8 nitrogen and oxygen atoms in total. The summed E-state index contributed by atoms with van der Waals surface area (Å²) in [5.74, 6) is -0.191. The Balaban J connectivity index is 1.50. The Morgan fingerprint density at radius 2 is 1.97 bits per heavy atom. The number of alkyl halides is 4. The highest BCUT2D eigenvalue weighted by atomic mass is 19.4. The lowest BCUT2D eigenvalue weighted by Crippen LogP contribution is -2.42. The van der Waals surface area contributed by atoms with E-state index in [2.05, 4.69) is 20.3 Å². The Hall–Kier alpha value is -3.70. The van der Waals surface area contributed by atoms with Gasteiger partial charge >= 0.3 is 6.18 Å². The number of halogens is 4. The molecular weight excluding hydrogens is 506 g/mol. The number of nitrogens with zero attached hydrogens (tertiary/aromatic N) is 3. The molecule has 3 heterocycles. The minimum absolute atomic E-state index is 0.0488. The van der Waals surface area contributed by atoms with Gasteiger partial charge in [0.2, 0.25) is 5.91 Å². The quantitative estimate of drug-likeness (QED) is 0.438. The van der Waals surface area contributed by atoms with Crippen LogP contribution in [0, 0.1) is 12.8 Å². The summed E-state index contributed by atoms with van der Waals surface area (Å²) < 4.78 is 61.2. The molecule has 1 aliphatic heterocycles. The lowest BCUT2D eigenvalue weighted by Gasteiger charge is -2.16. The van der Waals surface area contributed by atoms with Gasteiger partial charge in [-0.2, -0.15) is 13.2 Å². The van der Waals surface area contributed by atoms with Crippen molar-refractivity contribution >= 4 is 22.8 Å². The molecule has 1 aliphatic carbocycles. The van der Waals surface area contributed by atoms with Crippen LogP contribution in [0.5, 0.6) is 5.75 Å². The van der Waals surface area contributed by atoms with Crippen LogP contribution >= 0.6 is 0 Å². The van der Waals surface area contributed by atoms with E-state index in [0.29, 0.717) is 18.2 Å². The molecule has 0 bridgehead atoms. The van der Waals surface area contributed by atoms with Gasteiger partial charge in [0.05, 0.1) is 35.8 Å². The van der Waals surface area contributed by atoms with Crippen LogP contribution in [0.1, 0.15) is 47.8 Å². The van der Waals surface area contributed by atoms with Gasteiger partial charge in [0.1, 0.15) is 29.5 Å². The van der Waals surface area contributed by atoms with Crippen LogP contribution in [0.2, 0.25) is 0 Å². The van der Waals surface area contributed by atoms with Gasteiger partial charge in [0, 0.05) is 24.2 Å². The fourth-order valence-electron chi connectivity index (χ4n) is 4.68. The topological polar surface area (TPSA) is 100 Å². The number of carbonyl (C=O) groups is 2. The molecule has 2 fully saturated rings. The SMILES string of the molecule is CCC(=O)N1C[C@H](NC(=O)c2c(C)[nH]c3c(-c4cc(C(F)(F)F)ccc4OCC4CC4)ncnc23)[C@@H](F)C1. The monoisotopic (exact) mass is 533 g/mol. The minimum atomic E-state index is -4.58. The normalized spacial score (nSPS) is 19.7. The Kier molecular flexibility index (Phi) is 6.74. The molecule has 0 radical (unpaired) electrons. The Labute approximate surface area is 215 Å². The average molecular weight is 534 g/mol. The largest absolute Gasteiger partial charge is 0.493 e. The van der Waals surface area contributed by atoms with Crippen molar-refractivity contribution in [3.8, 4) is 17.0 Å². The number of fused-ring (bicyclic) bond motifs is 1. The summed E-state index contributed by atoms with van der Waals surface area (Å²) in [6.45, 7) is 3.63. The number of H-pyrrole nitrogens is 1. The van der Waals surface area contributed by atoms with Crippen LogP contribution < -0.4 is 10.1 Å². The lowest BCUT2D eigenvalue weighted by molar-refractivity contribution is -0.137. The zero-order valence-corrected chi connectivity index (χ0v) is 20.9. The van der Waals surface area contributed by atoms with E-state index in [0.717, 1.165) is 25.0 Å². The number of hydrogen-bond acceptors (Lipinski definition) is 5. The number of aromatic amines is 1. The number of aryl methyl sites for hydroxylation is 1. The van der Waals surface area contributed by atoms with Crippen LogP contribution in [0.3, 0.4) is 0 Å². The summed E-state index contributed by atoms with van der Waals surface area (Å²) >= 11 is 0. The maximum Gasteiger partial charge on any atom is 0.416 e. The highest BCUT2D eigenvalue weighted by Gasteiger charge is 2.37. The van der Waals surface area contributed by atoms with Crippen LogP contribution in [0.25, 0.3) is 22.3 Å². The first-order chi connectivity index (χ1) is 18.1. The summed E-state index contributed by atoms with van der Waals surface area (Å²) in [4.78, 5) is 38.1. The van der Waals surface area contributed by atoms with Gasteiger partial charge in [0.15, 0.2) is 0 Å². The third-order valence-corrected chi connectivity index (χ3v) is 6.95. The van der Waals surface area contributed by atoms with Crippen molar-refractivity contribution in [2.75, 3.05) is 19.7 Å². The van der Waals surface area contributed by atoms with E-state index in [1.165, 1.54) is 17.3 Å². The molecule has 2 amide bonds. The van der Waals surface area contributed by atoms with Crippen molar-refractivity contribution in [2.24, 2.45) is 5.92 Å². The van der Waals surface area contributed by atoms with Crippen LogP contribution in [0.15, 0.2) is 24.5 Å². The molecule has 2 N–H and O–H groups in total. The van der Waals surface area contributed by atoms with Crippen LogP contribution in [0.4, 0.5) is 17.6 Å². The highest BCUT2D eigenvalue weighted by molar-refractivity contribution is 6.09. The number of amides is 2. The molecule has 0 unspecified atom stereocenters. The van der Waals surface area contributed by atoms with E-state index in [-0.39, 0.29) is 59.0 Å². The predicted octanol–water partition coefficient (Wildman–Crippen LogP) is 4.43. The average Bonchev–Trinajstić information content (AvgIpc) is 3.55. The van der Waals surface area contributed by atoms with E-state index in [9.17, 15) is 27.2 Å². The molecule has 1 aromatic carbocycles. The molecule has 1 saturated heterocycles. The van der Waals surface area contributed by atoms with Crippen LogP contribution in [-0.4, -0.2) is 63.6 Å².